The highest BCUT2D eigenvalue weighted by Crippen LogP contribution is 2.14. The number of rotatable bonds is 1. The van der Waals surface area contributed by atoms with Crippen molar-refractivity contribution in [3.05, 3.63) is 0 Å². The van der Waals surface area contributed by atoms with E-state index in [2.05, 4.69) is 0 Å². The van der Waals surface area contributed by atoms with E-state index >= 15 is 0 Å². The first kappa shape index (κ1) is 16.5. The molecule has 3 amide bonds. The van der Waals surface area contributed by atoms with Crippen LogP contribution in [0.5, 0.6) is 0 Å². The average molecular weight is 283 g/mol. The molecule has 0 radical (unpaired) electrons. The maximum Gasteiger partial charge on any atom is 0.312 e. The molecule has 0 spiro atoms. The number of hydrogen-bond acceptors (Lipinski definition) is 3. The summed E-state index contributed by atoms with van der Waals surface area (Å²) in [7, 11) is 0. The van der Waals surface area contributed by atoms with Gasteiger partial charge in [-0.25, -0.2) is 0 Å². The van der Waals surface area contributed by atoms with Gasteiger partial charge in [-0.05, 0) is 27.7 Å². The van der Waals surface area contributed by atoms with Crippen LogP contribution >= 0.6 is 0 Å². The zero-order valence-corrected chi connectivity index (χ0v) is 13.1. The van der Waals surface area contributed by atoms with E-state index in [9.17, 15) is 14.4 Å². The van der Waals surface area contributed by atoms with Gasteiger partial charge in [0, 0.05) is 45.2 Å². The van der Waals surface area contributed by atoms with Crippen LogP contribution in [0.2, 0.25) is 0 Å². The molecule has 6 heteroatoms. The average Bonchev–Trinajstić information content (AvgIpc) is 2.37. The van der Waals surface area contributed by atoms with Gasteiger partial charge in [0.05, 0.1) is 0 Å². The molecule has 0 bridgehead atoms. The van der Waals surface area contributed by atoms with Crippen LogP contribution in [0.25, 0.3) is 0 Å². The topological polar surface area (TPSA) is 60.9 Å². The second-order valence-electron chi connectivity index (χ2n) is 6.02. The summed E-state index contributed by atoms with van der Waals surface area (Å²) in [4.78, 5) is 40.6. The molecular weight excluding hydrogens is 258 g/mol. The molecule has 6 nitrogen and oxygen atoms in total. The summed E-state index contributed by atoms with van der Waals surface area (Å²) in [6.07, 6.45) is 0. The molecule has 0 saturated carbocycles. The fourth-order valence-electron chi connectivity index (χ4n) is 2.40. The fraction of sp³-hybridized carbons (Fsp3) is 0.786. The number of carbonyl (C=O) groups excluding carboxylic acids is 3. The molecule has 0 N–H and O–H groups in total. The maximum atomic E-state index is 12.3. The standard InChI is InChI=1S/C14H25N3O3/c1-6-17(14(3,4)5)13(20)12(19)16-9-7-15(8-10-16)11(2)18/h6-10H2,1-5H3. The summed E-state index contributed by atoms with van der Waals surface area (Å²) in [5.41, 5.74) is -0.372. The highest BCUT2D eigenvalue weighted by atomic mass is 16.2. The summed E-state index contributed by atoms with van der Waals surface area (Å²) in [6.45, 7) is 11.5. The van der Waals surface area contributed by atoms with Crippen LogP contribution in [-0.4, -0.2) is 70.7 Å². The molecule has 20 heavy (non-hydrogen) atoms. The molecule has 0 atom stereocenters. The van der Waals surface area contributed by atoms with Gasteiger partial charge >= 0.3 is 11.8 Å². The third-order valence-electron chi connectivity index (χ3n) is 3.57. The lowest BCUT2D eigenvalue weighted by Crippen LogP contribution is -2.56. The molecule has 1 heterocycles. The van der Waals surface area contributed by atoms with Gasteiger partial charge in [0.25, 0.3) is 0 Å². The van der Waals surface area contributed by atoms with Crippen molar-refractivity contribution < 1.29 is 14.4 Å². The van der Waals surface area contributed by atoms with E-state index in [1.165, 1.54) is 11.8 Å². The lowest BCUT2D eigenvalue weighted by Gasteiger charge is -2.38. The van der Waals surface area contributed by atoms with Gasteiger partial charge in [-0.1, -0.05) is 0 Å². The van der Waals surface area contributed by atoms with Gasteiger partial charge in [0.1, 0.15) is 0 Å². The summed E-state index contributed by atoms with van der Waals surface area (Å²) in [5.74, 6) is -0.922. The quantitative estimate of drug-likeness (QED) is 0.651. The molecule has 0 aromatic heterocycles. The number of hydrogen-bond donors (Lipinski definition) is 0. The largest absolute Gasteiger partial charge is 0.339 e. The van der Waals surface area contributed by atoms with E-state index in [-0.39, 0.29) is 11.4 Å². The Kier molecular flexibility index (Phi) is 5.14. The Bertz CT molecular complexity index is 393. The van der Waals surface area contributed by atoms with Gasteiger partial charge < -0.3 is 14.7 Å². The smallest absolute Gasteiger partial charge is 0.312 e. The van der Waals surface area contributed by atoms with Crippen molar-refractivity contribution in [3.8, 4) is 0 Å². The molecule has 0 aromatic rings. The molecule has 114 valence electrons. The summed E-state index contributed by atoms with van der Waals surface area (Å²) >= 11 is 0. The summed E-state index contributed by atoms with van der Waals surface area (Å²) < 4.78 is 0. The lowest BCUT2D eigenvalue weighted by molar-refractivity contribution is -0.156. The predicted molar refractivity (Wildman–Crippen MR) is 76.0 cm³/mol. The first-order chi connectivity index (χ1) is 9.18. The van der Waals surface area contributed by atoms with Crippen molar-refractivity contribution >= 4 is 17.7 Å². The highest BCUT2D eigenvalue weighted by Gasteiger charge is 2.33. The number of amides is 3. The summed E-state index contributed by atoms with van der Waals surface area (Å²) in [6, 6.07) is 0. The van der Waals surface area contributed by atoms with Gasteiger partial charge in [0.2, 0.25) is 5.91 Å². The Hall–Kier alpha value is -1.59. The minimum atomic E-state index is -0.468. The van der Waals surface area contributed by atoms with E-state index < -0.39 is 11.8 Å². The molecule has 1 saturated heterocycles. The van der Waals surface area contributed by atoms with Gasteiger partial charge in [0.15, 0.2) is 0 Å². The van der Waals surface area contributed by atoms with Crippen molar-refractivity contribution in [1.82, 2.24) is 14.7 Å². The number of likely N-dealkylation sites (N-methyl/N-ethyl adjacent to an activating group) is 1. The third-order valence-corrected chi connectivity index (χ3v) is 3.57. The lowest BCUT2D eigenvalue weighted by atomic mass is 10.1. The molecule has 0 unspecified atom stereocenters. The molecular formula is C14H25N3O3. The Labute approximate surface area is 120 Å². The Morgan fingerprint density at radius 3 is 1.80 bits per heavy atom. The minimum Gasteiger partial charge on any atom is -0.339 e. The first-order valence-corrected chi connectivity index (χ1v) is 7.05. The SMILES string of the molecule is CCN(C(=O)C(=O)N1CCN(C(C)=O)CC1)C(C)(C)C. The van der Waals surface area contributed by atoms with Crippen LogP contribution in [0.15, 0.2) is 0 Å². The van der Waals surface area contributed by atoms with Crippen LogP contribution in [0, 0.1) is 0 Å². The molecule has 0 aliphatic carbocycles. The van der Waals surface area contributed by atoms with Crippen LogP contribution in [0.4, 0.5) is 0 Å². The number of nitrogens with zero attached hydrogens (tertiary/aromatic N) is 3. The van der Waals surface area contributed by atoms with Crippen molar-refractivity contribution in [2.45, 2.75) is 40.2 Å². The minimum absolute atomic E-state index is 0.00769. The van der Waals surface area contributed by atoms with E-state index in [1.54, 1.807) is 9.80 Å². The summed E-state index contributed by atoms with van der Waals surface area (Å²) in [5, 5.41) is 0. The normalized spacial score (nSPS) is 16.1. The van der Waals surface area contributed by atoms with Crippen molar-refractivity contribution in [3.63, 3.8) is 0 Å². The van der Waals surface area contributed by atoms with E-state index in [0.29, 0.717) is 32.7 Å². The fourth-order valence-corrected chi connectivity index (χ4v) is 2.40. The van der Waals surface area contributed by atoms with Crippen LogP contribution in [0.3, 0.4) is 0 Å². The number of carbonyl (C=O) groups is 3. The molecule has 1 aliphatic rings. The number of piperazine rings is 1. The molecule has 0 aromatic carbocycles. The molecule has 1 rings (SSSR count). The van der Waals surface area contributed by atoms with Crippen molar-refractivity contribution in [2.24, 2.45) is 0 Å². The Morgan fingerprint density at radius 2 is 1.45 bits per heavy atom. The Morgan fingerprint density at radius 1 is 1.00 bits per heavy atom. The molecule has 1 aliphatic heterocycles. The highest BCUT2D eigenvalue weighted by molar-refractivity contribution is 6.35. The first-order valence-electron chi connectivity index (χ1n) is 7.05. The zero-order chi connectivity index (χ0) is 15.5. The van der Waals surface area contributed by atoms with Crippen LogP contribution < -0.4 is 0 Å². The molecule has 1 fully saturated rings. The van der Waals surface area contributed by atoms with Gasteiger partial charge in [-0.15, -0.1) is 0 Å². The van der Waals surface area contributed by atoms with E-state index in [1.807, 2.05) is 27.7 Å². The second-order valence-corrected chi connectivity index (χ2v) is 6.02. The van der Waals surface area contributed by atoms with Crippen LogP contribution in [0.1, 0.15) is 34.6 Å². The van der Waals surface area contributed by atoms with Crippen molar-refractivity contribution in [2.75, 3.05) is 32.7 Å². The van der Waals surface area contributed by atoms with Crippen molar-refractivity contribution in [1.29, 1.82) is 0 Å². The second kappa shape index (κ2) is 6.24. The van der Waals surface area contributed by atoms with E-state index in [4.69, 9.17) is 0 Å². The Balaban J connectivity index is 2.67. The van der Waals surface area contributed by atoms with Gasteiger partial charge in [-0.2, -0.15) is 0 Å². The van der Waals surface area contributed by atoms with E-state index in [0.717, 1.165) is 0 Å². The predicted octanol–water partition coefficient (Wildman–Crippen LogP) is 0.324. The van der Waals surface area contributed by atoms with Gasteiger partial charge in [-0.3, -0.25) is 14.4 Å². The third kappa shape index (κ3) is 3.71. The zero-order valence-electron chi connectivity index (χ0n) is 13.1. The van der Waals surface area contributed by atoms with Crippen LogP contribution in [-0.2, 0) is 14.4 Å². The monoisotopic (exact) mass is 283 g/mol. The maximum absolute atomic E-state index is 12.3.